The summed E-state index contributed by atoms with van der Waals surface area (Å²) < 4.78 is 0. The Labute approximate surface area is 60.3 Å². The van der Waals surface area contributed by atoms with Crippen LogP contribution in [-0.4, -0.2) is 13.1 Å². The highest BCUT2D eigenvalue weighted by Gasteiger charge is 1.86. The number of nitrogens with two attached hydrogens (primary N) is 1. The molecule has 0 saturated heterocycles. The molecule has 1 nitrogen and oxygen atoms in total. The van der Waals surface area contributed by atoms with Gasteiger partial charge in [-0.25, -0.2) is 0 Å². The molecule has 58 valence electrons. The fraction of sp³-hybridized carbons (Fsp3) is 1.00. The zero-order valence-corrected chi connectivity index (χ0v) is 6.82. The molecular formula is C8H21N. The maximum absolute atomic E-state index is 2.42. The van der Waals surface area contributed by atoms with E-state index in [0.717, 1.165) is 0 Å². The molecule has 0 amide bonds. The van der Waals surface area contributed by atoms with Crippen molar-refractivity contribution in [1.82, 2.24) is 0 Å². The van der Waals surface area contributed by atoms with Crippen LogP contribution in [0.1, 0.15) is 41.0 Å². The van der Waals surface area contributed by atoms with Crippen LogP contribution in [0, 0.1) is 0 Å². The summed E-state index contributed by atoms with van der Waals surface area (Å²) in [5.74, 6) is 0. The molecule has 0 rings (SSSR count). The molecule has 0 aliphatic carbocycles. The second-order valence-electron chi connectivity index (χ2n) is 2.57. The lowest BCUT2D eigenvalue weighted by Crippen LogP contribution is -2.84. The molecule has 0 radical (unpaired) electrons. The van der Waals surface area contributed by atoms with Gasteiger partial charge in [-0.05, 0) is 12.8 Å². The predicted molar refractivity (Wildman–Crippen MR) is 42.6 cm³/mol. The Balaban J connectivity index is 0. The van der Waals surface area contributed by atoms with Crippen LogP contribution in [0.5, 0.6) is 0 Å². The molecule has 0 aliphatic heterocycles. The van der Waals surface area contributed by atoms with E-state index in [-0.39, 0.29) is 1.43 Å². The molecule has 0 unspecified atom stereocenters. The summed E-state index contributed by atoms with van der Waals surface area (Å²) in [7, 11) is 0. The Morgan fingerprint density at radius 3 is 1.78 bits per heavy atom. The second-order valence-corrected chi connectivity index (χ2v) is 2.57. The largest absolute Gasteiger partial charge is 1.00 e. The smallest absolute Gasteiger partial charge is 0.0755 e. The zero-order valence-electron chi connectivity index (χ0n) is 7.82. The summed E-state index contributed by atoms with van der Waals surface area (Å²) >= 11 is 0. The summed E-state index contributed by atoms with van der Waals surface area (Å²) in [5, 5.41) is 2.42. The van der Waals surface area contributed by atoms with Gasteiger partial charge in [0.25, 0.3) is 0 Å². The van der Waals surface area contributed by atoms with Gasteiger partial charge < -0.3 is 6.74 Å². The van der Waals surface area contributed by atoms with E-state index < -0.39 is 0 Å². The standard InChI is InChI=1S/C8H19N.H/c1-3-5-7-9-8-6-4-2;/h9H,3-8H2,1-2H3;/q;-1/p+1. The van der Waals surface area contributed by atoms with E-state index in [1.54, 1.807) is 0 Å². The van der Waals surface area contributed by atoms with E-state index in [9.17, 15) is 0 Å². The highest BCUT2D eigenvalue weighted by atomic mass is 14.8. The zero-order chi connectivity index (χ0) is 6.95. The van der Waals surface area contributed by atoms with Gasteiger partial charge in [-0.3, -0.25) is 0 Å². The molecule has 0 bridgehead atoms. The van der Waals surface area contributed by atoms with Gasteiger partial charge in [-0.2, -0.15) is 0 Å². The minimum Gasteiger partial charge on any atom is -1.00 e. The maximum Gasteiger partial charge on any atom is 0.0755 e. The highest BCUT2D eigenvalue weighted by Crippen LogP contribution is 1.80. The lowest BCUT2D eigenvalue weighted by Gasteiger charge is -1.96. The molecule has 1 heteroatoms. The number of hydrogen-bond acceptors (Lipinski definition) is 0. The van der Waals surface area contributed by atoms with Crippen molar-refractivity contribution < 1.29 is 6.74 Å². The Morgan fingerprint density at radius 1 is 1.00 bits per heavy atom. The van der Waals surface area contributed by atoms with Crippen molar-refractivity contribution in [3.05, 3.63) is 0 Å². The molecular weight excluding hydrogens is 110 g/mol. The van der Waals surface area contributed by atoms with Crippen molar-refractivity contribution in [2.24, 2.45) is 0 Å². The average molecular weight is 131 g/mol. The summed E-state index contributed by atoms with van der Waals surface area (Å²) in [6, 6.07) is 0. The Hall–Kier alpha value is -0.0400. The molecule has 0 aliphatic rings. The fourth-order valence-corrected chi connectivity index (χ4v) is 0.841. The molecule has 0 saturated carbocycles. The summed E-state index contributed by atoms with van der Waals surface area (Å²) in [4.78, 5) is 0. The van der Waals surface area contributed by atoms with E-state index in [2.05, 4.69) is 19.2 Å². The van der Waals surface area contributed by atoms with Gasteiger partial charge in [0.1, 0.15) is 0 Å². The average Bonchev–Trinajstić information content (AvgIpc) is 1.89. The Morgan fingerprint density at radius 2 is 1.44 bits per heavy atom. The number of hydrogen-bond donors (Lipinski definition) is 1. The molecule has 0 heterocycles. The molecule has 0 atom stereocenters. The Bertz CT molecular complexity index is 42.5. The molecule has 0 aromatic heterocycles. The van der Waals surface area contributed by atoms with Gasteiger partial charge in [-0.1, -0.05) is 26.7 Å². The van der Waals surface area contributed by atoms with Crippen molar-refractivity contribution in [2.45, 2.75) is 39.5 Å². The van der Waals surface area contributed by atoms with E-state index in [1.807, 2.05) is 0 Å². The fourth-order valence-electron chi connectivity index (χ4n) is 0.841. The summed E-state index contributed by atoms with van der Waals surface area (Å²) in [5.41, 5.74) is 0. The van der Waals surface area contributed by atoms with Crippen LogP contribution >= 0.6 is 0 Å². The quantitative estimate of drug-likeness (QED) is 0.523. The number of quaternary nitrogens is 1. The van der Waals surface area contributed by atoms with Gasteiger partial charge in [0, 0.05) is 0 Å². The number of unbranched alkanes of at least 4 members (excludes halogenated alkanes) is 2. The van der Waals surface area contributed by atoms with Crippen molar-refractivity contribution in [1.29, 1.82) is 0 Å². The van der Waals surface area contributed by atoms with Crippen LogP contribution in [0.25, 0.3) is 0 Å². The second kappa shape index (κ2) is 7.96. The first-order valence-electron chi connectivity index (χ1n) is 4.23. The monoisotopic (exact) mass is 131 g/mol. The molecule has 9 heavy (non-hydrogen) atoms. The minimum atomic E-state index is 0. The maximum atomic E-state index is 2.42. The van der Waals surface area contributed by atoms with Crippen molar-refractivity contribution in [2.75, 3.05) is 13.1 Å². The first-order chi connectivity index (χ1) is 4.41. The van der Waals surface area contributed by atoms with Gasteiger partial charge in [0.15, 0.2) is 0 Å². The molecule has 0 aromatic rings. The first kappa shape index (κ1) is 8.96. The van der Waals surface area contributed by atoms with E-state index in [4.69, 9.17) is 0 Å². The van der Waals surface area contributed by atoms with Crippen LogP contribution in [0.4, 0.5) is 0 Å². The van der Waals surface area contributed by atoms with E-state index in [1.165, 1.54) is 38.8 Å². The summed E-state index contributed by atoms with van der Waals surface area (Å²) in [6.07, 6.45) is 5.43. The predicted octanol–water partition coefficient (Wildman–Crippen LogP) is 1.26. The van der Waals surface area contributed by atoms with E-state index >= 15 is 0 Å². The molecule has 0 aromatic carbocycles. The SMILES string of the molecule is CCCC[NH2+]CCCC.[H-]. The molecule has 0 spiro atoms. The van der Waals surface area contributed by atoms with Crippen LogP contribution in [-0.2, 0) is 0 Å². The van der Waals surface area contributed by atoms with Gasteiger partial charge in [-0.15, -0.1) is 0 Å². The third-order valence-electron chi connectivity index (χ3n) is 1.52. The highest BCUT2D eigenvalue weighted by molar-refractivity contribution is 4.28. The van der Waals surface area contributed by atoms with Gasteiger partial charge in [0.05, 0.1) is 13.1 Å². The van der Waals surface area contributed by atoms with Crippen LogP contribution in [0.15, 0.2) is 0 Å². The number of rotatable bonds is 6. The van der Waals surface area contributed by atoms with Gasteiger partial charge >= 0.3 is 0 Å². The Kier molecular flexibility index (Phi) is 7.92. The normalized spacial score (nSPS) is 10.0. The van der Waals surface area contributed by atoms with Crippen LogP contribution < -0.4 is 5.32 Å². The minimum absolute atomic E-state index is 0. The van der Waals surface area contributed by atoms with Crippen LogP contribution in [0.2, 0.25) is 0 Å². The summed E-state index contributed by atoms with van der Waals surface area (Å²) in [6.45, 7) is 7.15. The van der Waals surface area contributed by atoms with Crippen LogP contribution in [0.3, 0.4) is 0 Å². The van der Waals surface area contributed by atoms with Gasteiger partial charge in [0.2, 0.25) is 0 Å². The third-order valence-corrected chi connectivity index (χ3v) is 1.52. The lowest BCUT2D eigenvalue weighted by molar-refractivity contribution is -0.655. The van der Waals surface area contributed by atoms with Crippen molar-refractivity contribution in [3.63, 3.8) is 0 Å². The van der Waals surface area contributed by atoms with Crippen molar-refractivity contribution >= 4 is 0 Å². The molecule has 0 fully saturated rings. The topological polar surface area (TPSA) is 16.6 Å². The van der Waals surface area contributed by atoms with E-state index in [0.29, 0.717) is 0 Å². The van der Waals surface area contributed by atoms with Crippen molar-refractivity contribution in [3.8, 4) is 0 Å². The first-order valence-corrected chi connectivity index (χ1v) is 4.23. The lowest BCUT2D eigenvalue weighted by atomic mass is 10.3. The molecule has 2 N–H and O–H groups in total. The third kappa shape index (κ3) is 7.96.